The number of anilines is 1. The summed E-state index contributed by atoms with van der Waals surface area (Å²) >= 11 is 0. The fraction of sp³-hybridized carbons (Fsp3) is 0.400. The molecule has 0 fully saturated rings. The van der Waals surface area contributed by atoms with Gasteiger partial charge in [0, 0.05) is 12.7 Å². The predicted octanol–water partition coefficient (Wildman–Crippen LogP) is 1.03. The molecule has 0 unspecified atom stereocenters. The Morgan fingerprint density at radius 1 is 1.69 bits per heavy atom. The molecule has 0 aromatic carbocycles. The van der Waals surface area contributed by atoms with Crippen molar-refractivity contribution in [3.05, 3.63) is 24.0 Å². The molecule has 0 saturated carbocycles. The highest BCUT2D eigenvalue weighted by atomic mass is 16.1. The highest BCUT2D eigenvalue weighted by molar-refractivity contribution is 5.81. The zero-order valence-electron chi connectivity index (χ0n) is 7.66. The van der Waals surface area contributed by atoms with Crippen LogP contribution in [0.3, 0.4) is 0 Å². The maximum Gasteiger partial charge on any atom is 0.149 e. The number of pyridine rings is 1. The smallest absolute Gasteiger partial charge is 0.149 e. The molecule has 13 heavy (non-hydrogen) atoms. The van der Waals surface area contributed by atoms with Crippen molar-refractivity contribution < 1.29 is 4.79 Å². The Hall–Kier alpha value is -1.38. The first-order valence-corrected chi connectivity index (χ1v) is 4.44. The fourth-order valence-corrected chi connectivity index (χ4v) is 1.72. The number of aromatic nitrogens is 1. The van der Waals surface area contributed by atoms with E-state index in [-0.39, 0.29) is 5.78 Å². The third kappa shape index (κ3) is 1.54. The van der Waals surface area contributed by atoms with E-state index in [9.17, 15) is 4.79 Å². The van der Waals surface area contributed by atoms with Gasteiger partial charge in [0.1, 0.15) is 5.78 Å². The van der Waals surface area contributed by atoms with E-state index in [2.05, 4.69) is 9.88 Å². The summed E-state index contributed by atoms with van der Waals surface area (Å²) in [7, 11) is 0. The lowest BCUT2D eigenvalue weighted by Crippen LogP contribution is -2.26. The molecule has 0 saturated heterocycles. The van der Waals surface area contributed by atoms with Gasteiger partial charge < -0.3 is 4.90 Å². The number of Topliss-reactive ketones (excluding diaryl/α,β-unsaturated/α-hetero) is 1. The Morgan fingerprint density at radius 2 is 2.54 bits per heavy atom. The van der Waals surface area contributed by atoms with Gasteiger partial charge in [0.15, 0.2) is 0 Å². The monoisotopic (exact) mass is 176 g/mol. The molecule has 0 radical (unpaired) electrons. The van der Waals surface area contributed by atoms with Gasteiger partial charge in [-0.3, -0.25) is 9.78 Å². The molecule has 0 aliphatic carbocycles. The quantitative estimate of drug-likeness (QED) is 0.675. The molecule has 2 heterocycles. The van der Waals surface area contributed by atoms with Crippen molar-refractivity contribution in [2.75, 3.05) is 18.0 Å². The lowest BCUT2D eigenvalue weighted by Gasteiger charge is -2.16. The Morgan fingerprint density at radius 3 is 3.31 bits per heavy atom. The molecule has 1 aliphatic rings. The highest BCUT2D eigenvalue weighted by Crippen LogP contribution is 2.25. The second-order valence-electron chi connectivity index (χ2n) is 3.38. The zero-order valence-corrected chi connectivity index (χ0v) is 7.66. The van der Waals surface area contributed by atoms with E-state index in [1.54, 1.807) is 13.1 Å². The van der Waals surface area contributed by atoms with E-state index in [4.69, 9.17) is 0 Å². The van der Waals surface area contributed by atoms with Gasteiger partial charge in [-0.05, 0) is 25.0 Å². The topological polar surface area (TPSA) is 33.2 Å². The maximum absolute atomic E-state index is 10.9. The third-order valence-electron chi connectivity index (χ3n) is 2.29. The SMILES string of the molecule is CC(=O)CN1CCc2ccncc21. The summed E-state index contributed by atoms with van der Waals surface area (Å²) in [5.74, 6) is 0.205. The fourth-order valence-electron chi connectivity index (χ4n) is 1.72. The summed E-state index contributed by atoms with van der Waals surface area (Å²) in [4.78, 5) is 17.1. The van der Waals surface area contributed by atoms with Crippen LogP contribution < -0.4 is 4.90 Å². The van der Waals surface area contributed by atoms with E-state index in [1.165, 1.54) is 5.56 Å². The van der Waals surface area contributed by atoms with E-state index in [1.807, 2.05) is 12.3 Å². The Labute approximate surface area is 77.4 Å². The van der Waals surface area contributed by atoms with Gasteiger partial charge in [0.05, 0.1) is 18.4 Å². The minimum absolute atomic E-state index is 0.205. The number of rotatable bonds is 2. The van der Waals surface area contributed by atoms with Crippen LogP contribution in [-0.4, -0.2) is 23.9 Å². The first-order chi connectivity index (χ1) is 6.27. The molecule has 0 amide bonds. The number of fused-ring (bicyclic) bond motifs is 1. The van der Waals surface area contributed by atoms with Crippen molar-refractivity contribution in [2.45, 2.75) is 13.3 Å². The average Bonchev–Trinajstić information content (AvgIpc) is 2.48. The van der Waals surface area contributed by atoms with Crippen LogP contribution in [0.4, 0.5) is 5.69 Å². The molecule has 0 bridgehead atoms. The van der Waals surface area contributed by atoms with Gasteiger partial charge >= 0.3 is 0 Å². The van der Waals surface area contributed by atoms with Crippen LogP contribution in [0.25, 0.3) is 0 Å². The average molecular weight is 176 g/mol. The molecule has 0 spiro atoms. The predicted molar refractivity (Wildman–Crippen MR) is 50.8 cm³/mol. The lowest BCUT2D eigenvalue weighted by molar-refractivity contribution is -0.115. The van der Waals surface area contributed by atoms with Crippen LogP contribution in [0, 0.1) is 0 Å². The van der Waals surface area contributed by atoms with Crippen LogP contribution in [0.15, 0.2) is 18.5 Å². The van der Waals surface area contributed by atoms with Crippen LogP contribution in [-0.2, 0) is 11.2 Å². The lowest BCUT2D eigenvalue weighted by atomic mass is 10.2. The largest absolute Gasteiger partial charge is 0.362 e. The molecule has 1 aliphatic heterocycles. The van der Waals surface area contributed by atoms with Crippen LogP contribution >= 0.6 is 0 Å². The first-order valence-electron chi connectivity index (χ1n) is 4.44. The molecule has 1 aromatic heterocycles. The van der Waals surface area contributed by atoms with E-state index in [0.717, 1.165) is 18.7 Å². The highest BCUT2D eigenvalue weighted by Gasteiger charge is 2.19. The molecule has 68 valence electrons. The van der Waals surface area contributed by atoms with Crippen LogP contribution in [0.5, 0.6) is 0 Å². The van der Waals surface area contributed by atoms with E-state index < -0.39 is 0 Å². The minimum Gasteiger partial charge on any atom is -0.362 e. The Kier molecular flexibility index (Phi) is 2.00. The summed E-state index contributed by atoms with van der Waals surface area (Å²) in [5.41, 5.74) is 2.42. The van der Waals surface area contributed by atoms with Gasteiger partial charge in [-0.2, -0.15) is 0 Å². The van der Waals surface area contributed by atoms with Crippen molar-refractivity contribution in [3.63, 3.8) is 0 Å². The van der Waals surface area contributed by atoms with Gasteiger partial charge in [0.25, 0.3) is 0 Å². The summed E-state index contributed by atoms with van der Waals surface area (Å²) in [6, 6.07) is 2.02. The first kappa shape index (κ1) is 8.23. The molecular weight excluding hydrogens is 164 g/mol. The van der Waals surface area contributed by atoms with Gasteiger partial charge in [-0.15, -0.1) is 0 Å². The molecule has 2 rings (SSSR count). The molecule has 1 aromatic rings. The number of nitrogens with zero attached hydrogens (tertiary/aromatic N) is 2. The van der Waals surface area contributed by atoms with Crippen molar-refractivity contribution in [3.8, 4) is 0 Å². The van der Waals surface area contributed by atoms with E-state index >= 15 is 0 Å². The molecule has 3 heteroatoms. The normalized spacial score (nSPS) is 14.4. The van der Waals surface area contributed by atoms with Crippen molar-refractivity contribution in [2.24, 2.45) is 0 Å². The van der Waals surface area contributed by atoms with Gasteiger partial charge in [-0.1, -0.05) is 0 Å². The van der Waals surface area contributed by atoms with Crippen LogP contribution in [0.1, 0.15) is 12.5 Å². The van der Waals surface area contributed by atoms with Crippen molar-refractivity contribution in [1.29, 1.82) is 0 Å². The molecule has 3 nitrogen and oxygen atoms in total. The number of carbonyl (C=O) groups excluding carboxylic acids is 1. The summed E-state index contributed by atoms with van der Waals surface area (Å²) in [6.45, 7) is 3.08. The maximum atomic E-state index is 10.9. The number of ketones is 1. The number of hydrogen-bond donors (Lipinski definition) is 0. The van der Waals surface area contributed by atoms with Gasteiger partial charge in [-0.25, -0.2) is 0 Å². The van der Waals surface area contributed by atoms with Gasteiger partial charge in [0.2, 0.25) is 0 Å². The Bertz CT molecular complexity index is 335. The standard InChI is InChI=1S/C10H12N2O/c1-8(13)7-12-5-3-9-2-4-11-6-10(9)12/h2,4,6H,3,5,7H2,1H3. The Balaban J connectivity index is 2.23. The number of carbonyl (C=O) groups is 1. The van der Waals surface area contributed by atoms with Crippen LogP contribution in [0.2, 0.25) is 0 Å². The minimum atomic E-state index is 0.205. The third-order valence-corrected chi connectivity index (χ3v) is 2.29. The summed E-state index contributed by atoms with van der Waals surface area (Å²) in [5, 5.41) is 0. The molecule has 0 N–H and O–H groups in total. The second-order valence-corrected chi connectivity index (χ2v) is 3.38. The zero-order chi connectivity index (χ0) is 9.26. The molecule has 0 atom stereocenters. The van der Waals surface area contributed by atoms with E-state index in [0.29, 0.717) is 6.54 Å². The second kappa shape index (κ2) is 3.17. The number of hydrogen-bond acceptors (Lipinski definition) is 3. The summed E-state index contributed by atoms with van der Waals surface area (Å²) in [6.07, 6.45) is 4.67. The molecular formula is C10H12N2O. The summed E-state index contributed by atoms with van der Waals surface area (Å²) < 4.78 is 0. The van der Waals surface area contributed by atoms with Crippen molar-refractivity contribution >= 4 is 11.5 Å². The van der Waals surface area contributed by atoms with Crippen molar-refractivity contribution in [1.82, 2.24) is 4.98 Å².